The number of nitrogens with one attached hydrogen (secondary N) is 2. The van der Waals surface area contributed by atoms with E-state index < -0.39 is 0 Å². The van der Waals surface area contributed by atoms with E-state index in [-0.39, 0.29) is 0 Å². The van der Waals surface area contributed by atoms with E-state index in [4.69, 9.17) is 4.74 Å². The molecule has 1 fully saturated rings. The average molecular weight is 200 g/mol. The van der Waals surface area contributed by atoms with Crippen molar-refractivity contribution in [1.82, 2.24) is 10.6 Å². The minimum absolute atomic E-state index is 0.439. The predicted molar refractivity (Wildman–Crippen MR) is 59.6 cm³/mol. The van der Waals surface area contributed by atoms with Gasteiger partial charge in [0.05, 0.1) is 12.2 Å². The fourth-order valence-corrected chi connectivity index (χ4v) is 1.80. The molecule has 1 heterocycles. The molecule has 3 nitrogen and oxygen atoms in total. The van der Waals surface area contributed by atoms with Crippen LogP contribution in [0.25, 0.3) is 0 Å². The largest absolute Gasteiger partial charge is 0.374 e. The third-order valence-electron chi connectivity index (χ3n) is 2.71. The zero-order valence-electron chi connectivity index (χ0n) is 9.68. The van der Waals surface area contributed by atoms with E-state index in [0.29, 0.717) is 18.2 Å². The van der Waals surface area contributed by atoms with Gasteiger partial charge in [-0.05, 0) is 33.2 Å². The van der Waals surface area contributed by atoms with Gasteiger partial charge in [-0.2, -0.15) is 0 Å². The quantitative estimate of drug-likeness (QED) is 0.674. The molecule has 0 radical (unpaired) electrons. The van der Waals surface area contributed by atoms with E-state index in [1.54, 1.807) is 0 Å². The molecule has 0 amide bonds. The van der Waals surface area contributed by atoms with Crippen LogP contribution in [0, 0.1) is 0 Å². The van der Waals surface area contributed by atoms with Crippen LogP contribution in [0.3, 0.4) is 0 Å². The Bertz CT molecular complexity index is 152. The third kappa shape index (κ3) is 4.40. The van der Waals surface area contributed by atoms with Crippen LogP contribution in [0.4, 0.5) is 0 Å². The fraction of sp³-hybridized carbons (Fsp3) is 1.00. The summed E-state index contributed by atoms with van der Waals surface area (Å²) in [6, 6.07) is 0.537. The van der Waals surface area contributed by atoms with E-state index in [1.807, 2.05) is 0 Å². The van der Waals surface area contributed by atoms with Crippen LogP contribution in [0.5, 0.6) is 0 Å². The second-order valence-corrected chi connectivity index (χ2v) is 4.26. The van der Waals surface area contributed by atoms with Gasteiger partial charge < -0.3 is 15.4 Å². The molecular formula is C11H24N2O. The van der Waals surface area contributed by atoms with Gasteiger partial charge in [-0.3, -0.25) is 0 Å². The zero-order chi connectivity index (χ0) is 10.4. The highest BCUT2D eigenvalue weighted by Crippen LogP contribution is 2.18. The van der Waals surface area contributed by atoms with E-state index in [9.17, 15) is 0 Å². The minimum atomic E-state index is 0.439. The number of likely N-dealkylation sites (N-methyl/N-ethyl adjacent to an activating group) is 1. The van der Waals surface area contributed by atoms with Gasteiger partial charge >= 0.3 is 0 Å². The highest BCUT2D eigenvalue weighted by molar-refractivity contribution is 4.74. The summed E-state index contributed by atoms with van der Waals surface area (Å²) in [4.78, 5) is 0. The molecule has 3 unspecified atom stereocenters. The van der Waals surface area contributed by atoms with E-state index in [0.717, 1.165) is 19.6 Å². The topological polar surface area (TPSA) is 33.3 Å². The van der Waals surface area contributed by atoms with Crippen molar-refractivity contribution in [3.05, 3.63) is 0 Å². The second kappa shape index (κ2) is 6.38. The Balaban J connectivity index is 2.02. The van der Waals surface area contributed by atoms with Crippen LogP contribution in [-0.4, -0.2) is 37.9 Å². The Morgan fingerprint density at radius 3 is 2.79 bits per heavy atom. The highest BCUT2D eigenvalue weighted by atomic mass is 16.5. The van der Waals surface area contributed by atoms with Crippen molar-refractivity contribution in [3.8, 4) is 0 Å². The van der Waals surface area contributed by atoms with Crippen molar-refractivity contribution in [3.63, 3.8) is 0 Å². The van der Waals surface area contributed by atoms with Gasteiger partial charge in [0.15, 0.2) is 0 Å². The molecule has 0 saturated carbocycles. The SMILES string of the molecule is CCNCC(C)NCC1CCC(C)O1. The molecule has 1 rings (SSSR count). The lowest BCUT2D eigenvalue weighted by atomic mass is 10.2. The lowest BCUT2D eigenvalue weighted by Gasteiger charge is -2.17. The fourth-order valence-electron chi connectivity index (χ4n) is 1.80. The third-order valence-corrected chi connectivity index (χ3v) is 2.71. The summed E-state index contributed by atoms with van der Waals surface area (Å²) in [6.45, 7) is 9.58. The van der Waals surface area contributed by atoms with Crippen molar-refractivity contribution < 1.29 is 4.74 Å². The predicted octanol–water partition coefficient (Wildman–Crippen LogP) is 1.14. The van der Waals surface area contributed by atoms with Gasteiger partial charge in [-0.15, -0.1) is 0 Å². The Morgan fingerprint density at radius 1 is 1.43 bits per heavy atom. The van der Waals surface area contributed by atoms with Gasteiger partial charge in [0.1, 0.15) is 0 Å². The molecule has 0 aromatic carbocycles. The highest BCUT2D eigenvalue weighted by Gasteiger charge is 2.21. The van der Waals surface area contributed by atoms with E-state index in [1.165, 1.54) is 12.8 Å². The summed E-state index contributed by atoms with van der Waals surface area (Å²) >= 11 is 0. The van der Waals surface area contributed by atoms with Crippen LogP contribution >= 0.6 is 0 Å². The van der Waals surface area contributed by atoms with Crippen molar-refractivity contribution in [1.29, 1.82) is 0 Å². The molecule has 0 aromatic rings. The van der Waals surface area contributed by atoms with Gasteiger partial charge in [0.25, 0.3) is 0 Å². The molecule has 0 bridgehead atoms. The van der Waals surface area contributed by atoms with Gasteiger partial charge in [-0.1, -0.05) is 6.92 Å². The first-order valence-corrected chi connectivity index (χ1v) is 5.82. The van der Waals surface area contributed by atoms with Crippen molar-refractivity contribution in [2.75, 3.05) is 19.6 Å². The van der Waals surface area contributed by atoms with Crippen LogP contribution < -0.4 is 10.6 Å². The lowest BCUT2D eigenvalue weighted by molar-refractivity contribution is 0.0547. The molecule has 1 aliphatic heterocycles. The normalized spacial score (nSPS) is 29.4. The summed E-state index contributed by atoms with van der Waals surface area (Å²) in [5, 5.41) is 6.82. The molecule has 0 aliphatic carbocycles. The molecule has 2 N–H and O–H groups in total. The first kappa shape index (κ1) is 12.0. The number of hydrogen-bond donors (Lipinski definition) is 2. The molecule has 0 spiro atoms. The molecule has 1 saturated heterocycles. The summed E-state index contributed by atoms with van der Waals surface area (Å²) in [7, 11) is 0. The molecule has 14 heavy (non-hydrogen) atoms. The lowest BCUT2D eigenvalue weighted by Crippen LogP contribution is -2.40. The van der Waals surface area contributed by atoms with Gasteiger partial charge in [0, 0.05) is 19.1 Å². The Morgan fingerprint density at radius 2 is 2.21 bits per heavy atom. The maximum atomic E-state index is 5.73. The molecule has 3 heteroatoms. The van der Waals surface area contributed by atoms with Crippen LogP contribution in [-0.2, 0) is 4.74 Å². The van der Waals surface area contributed by atoms with Crippen LogP contribution in [0.15, 0.2) is 0 Å². The minimum Gasteiger partial charge on any atom is -0.374 e. The zero-order valence-corrected chi connectivity index (χ0v) is 9.68. The van der Waals surface area contributed by atoms with E-state index >= 15 is 0 Å². The number of rotatable bonds is 6. The molecule has 0 aromatic heterocycles. The summed E-state index contributed by atoms with van der Waals surface area (Å²) in [5.74, 6) is 0. The maximum Gasteiger partial charge on any atom is 0.0704 e. The first-order chi connectivity index (χ1) is 6.72. The number of ether oxygens (including phenoxy) is 1. The summed E-state index contributed by atoms with van der Waals surface area (Å²) in [5.41, 5.74) is 0. The molecule has 3 atom stereocenters. The standard InChI is InChI=1S/C11H24N2O/c1-4-12-7-9(2)13-8-11-6-5-10(3)14-11/h9-13H,4-8H2,1-3H3. The number of hydrogen-bond acceptors (Lipinski definition) is 3. The van der Waals surface area contributed by atoms with Crippen molar-refractivity contribution >= 4 is 0 Å². The Hall–Kier alpha value is -0.120. The van der Waals surface area contributed by atoms with Gasteiger partial charge in [-0.25, -0.2) is 0 Å². The maximum absolute atomic E-state index is 5.73. The molecule has 1 aliphatic rings. The van der Waals surface area contributed by atoms with Crippen molar-refractivity contribution in [2.24, 2.45) is 0 Å². The second-order valence-electron chi connectivity index (χ2n) is 4.26. The average Bonchev–Trinajstić information content (AvgIpc) is 2.58. The monoisotopic (exact) mass is 200 g/mol. The Labute approximate surface area is 87.6 Å². The van der Waals surface area contributed by atoms with Crippen LogP contribution in [0.2, 0.25) is 0 Å². The van der Waals surface area contributed by atoms with E-state index in [2.05, 4.69) is 31.4 Å². The molecular weight excluding hydrogens is 176 g/mol. The van der Waals surface area contributed by atoms with Crippen molar-refractivity contribution in [2.45, 2.75) is 51.9 Å². The molecule has 84 valence electrons. The smallest absolute Gasteiger partial charge is 0.0704 e. The first-order valence-electron chi connectivity index (χ1n) is 5.82. The van der Waals surface area contributed by atoms with Crippen LogP contribution in [0.1, 0.15) is 33.6 Å². The Kier molecular flexibility index (Phi) is 5.45. The van der Waals surface area contributed by atoms with Gasteiger partial charge in [0.2, 0.25) is 0 Å². The summed E-state index contributed by atoms with van der Waals surface area (Å²) < 4.78 is 5.73. The summed E-state index contributed by atoms with van der Waals surface area (Å²) in [6.07, 6.45) is 3.33.